The van der Waals surface area contributed by atoms with Gasteiger partial charge in [0.15, 0.2) is 0 Å². The molecule has 1 aromatic carbocycles. The summed E-state index contributed by atoms with van der Waals surface area (Å²) in [5.41, 5.74) is 9.88. The highest BCUT2D eigenvalue weighted by Gasteiger charge is 2.44. The van der Waals surface area contributed by atoms with Gasteiger partial charge in [-0.25, -0.2) is 4.98 Å². The molecule has 4 heterocycles. The van der Waals surface area contributed by atoms with Crippen molar-refractivity contribution < 1.29 is 14.3 Å². The van der Waals surface area contributed by atoms with Gasteiger partial charge < -0.3 is 20.7 Å². The third kappa shape index (κ3) is 3.29. The number of fused-ring (bicyclic) bond motifs is 3. The summed E-state index contributed by atoms with van der Waals surface area (Å²) in [5.74, 6) is 0.701. The van der Waals surface area contributed by atoms with Crippen LogP contribution < -0.4 is 20.7 Å². The zero-order chi connectivity index (χ0) is 23.3. The molecule has 0 aliphatic carbocycles. The number of para-hydroxylation sites is 1. The summed E-state index contributed by atoms with van der Waals surface area (Å²) in [6.45, 7) is 6.19. The number of hydrogen-bond acceptors (Lipinski definition) is 6. The molecule has 0 radical (unpaired) electrons. The number of nitrogens with zero attached hydrogens (tertiary/aromatic N) is 3. The first-order chi connectivity index (χ1) is 15.8. The van der Waals surface area contributed by atoms with Crippen LogP contribution in [0.25, 0.3) is 11.1 Å². The van der Waals surface area contributed by atoms with Gasteiger partial charge in [0.05, 0.1) is 23.8 Å². The number of rotatable bonds is 4. The summed E-state index contributed by atoms with van der Waals surface area (Å²) in [4.78, 5) is 35.6. The molecule has 33 heavy (non-hydrogen) atoms. The molecule has 8 nitrogen and oxygen atoms in total. The van der Waals surface area contributed by atoms with Crippen molar-refractivity contribution in [1.29, 1.82) is 0 Å². The fourth-order valence-electron chi connectivity index (χ4n) is 4.75. The second-order valence-electron chi connectivity index (χ2n) is 8.62. The van der Waals surface area contributed by atoms with Crippen LogP contribution in [0.1, 0.15) is 36.6 Å². The molecule has 2 aliphatic rings. The number of anilines is 3. The average Bonchev–Trinajstić information content (AvgIpc) is 3.22. The minimum atomic E-state index is -1.35. The summed E-state index contributed by atoms with van der Waals surface area (Å²) in [6, 6.07) is 9.46. The number of aromatic nitrogens is 2. The molecule has 1 unspecified atom stereocenters. The van der Waals surface area contributed by atoms with Gasteiger partial charge in [0.2, 0.25) is 11.5 Å². The molecule has 168 valence electrons. The monoisotopic (exact) mass is 443 g/mol. The SMILES string of the molecule is Cc1nc(Nc2cncc(N3CCCC3=O)c2)c(C)c2c1-c1ccccc1OC2(C)C(N)=O. The Morgan fingerprint density at radius 1 is 1.24 bits per heavy atom. The maximum absolute atomic E-state index is 12.6. The first-order valence-electron chi connectivity index (χ1n) is 10.9. The largest absolute Gasteiger partial charge is 0.472 e. The van der Waals surface area contributed by atoms with Crippen molar-refractivity contribution in [3.8, 4) is 16.9 Å². The van der Waals surface area contributed by atoms with Crippen molar-refractivity contribution in [1.82, 2.24) is 9.97 Å². The number of ether oxygens (including phenoxy) is 1. The summed E-state index contributed by atoms with van der Waals surface area (Å²) >= 11 is 0. The molecule has 2 aliphatic heterocycles. The Hall–Kier alpha value is -3.94. The van der Waals surface area contributed by atoms with Crippen LogP contribution in [-0.2, 0) is 15.2 Å². The third-order valence-electron chi connectivity index (χ3n) is 6.41. The zero-order valence-electron chi connectivity index (χ0n) is 18.8. The van der Waals surface area contributed by atoms with Gasteiger partial charge in [-0.2, -0.15) is 0 Å². The smallest absolute Gasteiger partial charge is 0.266 e. The molecule has 1 fully saturated rings. The number of pyridine rings is 2. The highest BCUT2D eigenvalue weighted by molar-refractivity contribution is 5.96. The maximum Gasteiger partial charge on any atom is 0.266 e. The fourth-order valence-corrected chi connectivity index (χ4v) is 4.75. The number of benzene rings is 1. The predicted octanol–water partition coefficient (Wildman–Crippen LogP) is 3.72. The van der Waals surface area contributed by atoms with E-state index in [0.717, 1.165) is 34.5 Å². The van der Waals surface area contributed by atoms with E-state index in [1.54, 1.807) is 24.2 Å². The molecule has 0 bridgehead atoms. The first kappa shape index (κ1) is 20.9. The molecule has 2 amide bonds. The van der Waals surface area contributed by atoms with Crippen LogP contribution in [0.2, 0.25) is 0 Å². The van der Waals surface area contributed by atoms with E-state index in [1.165, 1.54) is 0 Å². The Bertz CT molecular complexity index is 1310. The topological polar surface area (TPSA) is 110 Å². The van der Waals surface area contributed by atoms with Gasteiger partial charge in [0.1, 0.15) is 11.6 Å². The van der Waals surface area contributed by atoms with Crippen LogP contribution in [0, 0.1) is 13.8 Å². The lowest BCUT2D eigenvalue weighted by Crippen LogP contribution is -2.46. The van der Waals surface area contributed by atoms with Crippen LogP contribution in [-0.4, -0.2) is 28.3 Å². The number of amides is 2. The van der Waals surface area contributed by atoms with E-state index in [0.29, 0.717) is 35.8 Å². The quantitative estimate of drug-likeness (QED) is 0.636. The van der Waals surface area contributed by atoms with Crippen molar-refractivity contribution in [3.63, 3.8) is 0 Å². The van der Waals surface area contributed by atoms with Gasteiger partial charge in [-0.15, -0.1) is 0 Å². The van der Waals surface area contributed by atoms with Crippen molar-refractivity contribution in [3.05, 3.63) is 59.5 Å². The third-order valence-corrected chi connectivity index (χ3v) is 6.41. The first-order valence-corrected chi connectivity index (χ1v) is 10.9. The molecule has 8 heteroatoms. The number of hydrogen-bond donors (Lipinski definition) is 2. The van der Waals surface area contributed by atoms with Crippen molar-refractivity contribution >= 4 is 29.0 Å². The normalized spacial score (nSPS) is 19.0. The van der Waals surface area contributed by atoms with E-state index in [-0.39, 0.29) is 5.91 Å². The van der Waals surface area contributed by atoms with Crippen LogP contribution in [0.5, 0.6) is 5.75 Å². The Morgan fingerprint density at radius 3 is 2.76 bits per heavy atom. The molecule has 2 aromatic heterocycles. The van der Waals surface area contributed by atoms with Gasteiger partial charge in [-0.1, -0.05) is 18.2 Å². The minimum absolute atomic E-state index is 0.0981. The van der Waals surface area contributed by atoms with Gasteiger partial charge in [0.25, 0.3) is 5.91 Å². The number of nitrogens with one attached hydrogen (secondary N) is 1. The van der Waals surface area contributed by atoms with Crippen LogP contribution in [0.3, 0.4) is 0 Å². The summed E-state index contributed by atoms with van der Waals surface area (Å²) in [7, 11) is 0. The summed E-state index contributed by atoms with van der Waals surface area (Å²) in [6.07, 6.45) is 4.75. The fraction of sp³-hybridized carbons (Fsp3) is 0.280. The Morgan fingerprint density at radius 2 is 2.03 bits per heavy atom. The van der Waals surface area contributed by atoms with Gasteiger partial charge in [0, 0.05) is 40.9 Å². The highest BCUT2D eigenvalue weighted by Crippen LogP contribution is 2.48. The van der Waals surface area contributed by atoms with Crippen molar-refractivity contribution in [2.45, 2.75) is 39.2 Å². The van der Waals surface area contributed by atoms with E-state index in [2.05, 4.69) is 10.3 Å². The lowest BCUT2D eigenvalue weighted by Gasteiger charge is -2.37. The Labute approximate surface area is 191 Å². The van der Waals surface area contributed by atoms with Crippen LogP contribution in [0.15, 0.2) is 42.7 Å². The number of carbonyl (C=O) groups is 2. The lowest BCUT2D eigenvalue weighted by molar-refractivity contribution is -0.133. The molecule has 1 atom stereocenters. The number of carbonyl (C=O) groups excluding carboxylic acids is 2. The molecule has 3 aromatic rings. The highest BCUT2D eigenvalue weighted by atomic mass is 16.5. The second-order valence-corrected chi connectivity index (χ2v) is 8.62. The molecule has 5 rings (SSSR count). The second kappa shape index (κ2) is 7.58. The van der Waals surface area contributed by atoms with Crippen LogP contribution >= 0.6 is 0 Å². The van der Waals surface area contributed by atoms with E-state index in [4.69, 9.17) is 15.5 Å². The Balaban J connectivity index is 1.62. The maximum atomic E-state index is 12.6. The van der Waals surface area contributed by atoms with Crippen molar-refractivity contribution in [2.75, 3.05) is 16.8 Å². The molecular weight excluding hydrogens is 418 g/mol. The van der Waals surface area contributed by atoms with Crippen molar-refractivity contribution in [2.24, 2.45) is 5.73 Å². The summed E-state index contributed by atoms with van der Waals surface area (Å²) < 4.78 is 6.16. The van der Waals surface area contributed by atoms with E-state index in [1.807, 2.05) is 44.2 Å². The van der Waals surface area contributed by atoms with Gasteiger partial charge >= 0.3 is 0 Å². The standard InChI is InChI=1S/C25H25N5O3/c1-14-22-21(18-7-4-5-8-19(18)33-25(22,3)24(26)32)15(2)28-23(14)29-16-11-17(13-27-12-16)30-10-6-9-20(30)31/h4-5,7-8,11-13H,6,9-10H2,1-3H3,(H2,26,32)(H,28,29). The van der Waals surface area contributed by atoms with Gasteiger partial charge in [-0.3, -0.25) is 14.6 Å². The summed E-state index contributed by atoms with van der Waals surface area (Å²) in [5, 5.41) is 3.32. The number of primary amides is 1. The molecule has 1 saturated heterocycles. The van der Waals surface area contributed by atoms with Gasteiger partial charge in [-0.05, 0) is 39.3 Å². The Kier molecular flexibility index (Phi) is 4.81. The predicted molar refractivity (Wildman–Crippen MR) is 125 cm³/mol. The lowest BCUT2D eigenvalue weighted by atomic mass is 9.81. The number of aryl methyl sites for hydroxylation is 1. The van der Waals surface area contributed by atoms with E-state index < -0.39 is 11.5 Å². The molecule has 0 saturated carbocycles. The van der Waals surface area contributed by atoms with E-state index in [9.17, 15) is 9.59 Å². The average molecular weight is 444 g/mol. The van der Waals surface area contributed by atoms with E-state index >= 15 is 0 Å². The number of nitrogens with two attached hydrogens (primary N) is 1. The minimum Gasteiger partial charge on any atom is -0.472 e. The van der Waals surface area contributed by atoms with Crippen LogP contribution in [0.4, 0.5) is 17.2 Å². The molecule has 3 N–H and O–H groups in total. The molecule has 0 spiro atoms. The zero-order valence-corrected chi connectivity index (χ0v) is 18.8. The molecular formula is C25H25N5O3.